The van der Waals surface area contributed by atoms with Crippen LogP contribution in [-0.4, -0.2) is 27.1 Å². The minimum Gasteiger partial charge on any atom is -0.477 e. The van der Waals surface area contributed by atoms with Gasteiger partial charge in [-0.3, -0.25) is 4.79 Å². The monoisotopic (exact) mass is 306 g/mol. The van der Waals surface area contributed by atoms with Crippen molar-refractivity contribution in [2.75, 3.05) is 0 Å². The lowest BCUT2D eigenvalue weighted by Crippen LogP contribution is -2.57. The Hall–Kier alpha value is -1.62. The molecule has 5 nitrogen and oxygen atoms in total. The molecular weight excluding hydrogens is 280 g/mol. The van der Waals surface area contributed by atoms with Crippen LogP contribution in [0.25, 0.3) is 0 Å². The van der Waals surface area contributed by atoms with Gasteiger partial charge < -0.3 is 15.4 Å². The number of aromatic carboxylic acids is 1. The van der Waals surface area contributed by atoms with Crippen molar-refractivity contribution in [2.45, 2.75) is 71.4 Å². The van der Waals surface area contributed by atoms with Gasteiger partial charge in [-0.15, -0.1) is 0 Å². The number of aromatic amines is 1. The van der Waals surface area contributed by atoms with E-state index >= 15 is 0 Å². The molecule has 5 heteroatoms. The Bertz CT molecular complexity index is 655. The third-order valence-corrected chi connectivity index (χ3v) is 4.44. The average Bonchev–Trinajstić information content (AvgIpc) is 2.21. The quantitative estimate of drug-likeness (QED) is 0.784. The van der Waals surface area contributed by atoms with E-state index in [2.05, 4.69) is 38.0 Å². The van der Waals surface area contributed by atoms with E-state index in [4.69, 9.17) is 0 Å². The van der Waals surface area contributed by atoms with E-state index in [0.717, 1.165) is 18.5 Å². The summed E-state index contributed by atoms with van der Waals surface area (Å²) in [5.74, 6) is -1.11. The summed E-state index contributed by atoms with van der Waals surface area (Å²) in [5.41, 5.74) is 1.18. The van der Waals surface area contributed by atoms with E-state index in [-0.39, 0.29) is 28.0 Å². The lowest BCUT2D eigenvalue weighted by Gasteiger charge is -2.46. The Balaban J connectivity index is 2.60. The molecule has 0 bridgehead atoms. The first-order valence-corrected chi connectivity index (χ1v) is 7.69. The zero-order valence-electron chi connectivity index (χ0n) is 14.3. The molecule has 2 rings (SSSR count). The molecule has 0 saturated carbocycles. The first-order chi connectivity index (χ1) is 9.93. The molecule has 0 amide bonds. The maximum atomic E-state index is 12.8. The van der Waals surface area contributed by atoms with Crippen molar-refractivity contribution >= 4 is 5.97 Å². The molecule has 1 aromatic rings. The Morgan fingerprint density at radius 2 is 1.59 bits per heavy atom. The largest absolute Gasteiger partial charge is 0.477 e. The molecule has 122 valence electrons. The summed E-state index contributed by atoms with van der Waals surface area (Å²) in [6, 6.07) is 0. The standard InChI is InChI=1S/C17H26N2O3/c1-9-12(14(20)13(15(21)22)10(2)18-9)11-7-16(3,4)19-17(5,6)8-11/h11,19H,7-8H2,1-6H3,(H,18,20)(H,21,22). The third-order valence-electron chi connectivity index (χ3n) is 4.44. The first kappa shape index (κ1) is 16.7. The SMILES string of the molecule is Cc1[nH]c(C)c(C2CC(C)(C)NC(C)(C)C2)c(=O)c1C(=O)O. The molecule has 3 N–H and O–H groups in total. The molecule has 0 radical (unpaired) electrons. The summed E-state index contributed by atoms with van der Waals surface area (Å²) in [4.78, 5) is 27.2. The van der Waals surface area contributed by atoms with Crippen LogP contribution < -0.4 is 10.7 Å². The predicted molar refractivity (Wildman–Crippen MR) is 86.8 cm³/mol. The van der Waals surface area contributed by atoms with Crippen LogP contribution in [0.2, 0.25) is 0 Å². The fourth-order valence-corrected chi connectivity index (χ4v) is 4.16. The highest BCUT2D eigenvalue weighted by Crippen LogP contribution is 2.38. The Morgan fingerprint density at radius 1 is 1.09 bits per heavy atom. The zero-order chi connectivity index (χ0) is 16.9. The number of H-pyrrole nitrogens is 1. The smallest absolute Gasteiger partial charge is 0.341 e. The van der Waals surface area contributed by atoms with Gasteiger partial charge in [-0.05, 0) is 60.3 Å². The average molecular weight is 306 g/mol. The number of hydrogen-bond donors (Lipinski definition) is 3. The molecule has 1 aromatic heterocycles. The molecule has 2 heterocycles. The number of piperidine rings is 1. The second-order valence-electron chi connectivity index (χ2n) is 7.80. The number of nitrogens with one attached hydrogen (secondary N) is 2. The Kier molecular flexibility index (Phi) is 3.98. The van der Waals surface area contributed by atoms with Crippen molar-refractivity contribution in [1.82, 2.24) is 10.3 Å². The highest BCUT2D eigenvalue weighted by Gasteiger charge is 2.40. The molecule has 0 unspecified atom stereocenters. The van der Waals surface area contributed by atoms with Gasteiger partial charge >= 0.3 is 5.97 Å². The van der Waals surface area contributed by atoms with Crippen molar-refractivity contribution in [1.29, 1.82) is 0 Å². The van der Waals surface area contributed by atoms with Gasteiger partial charge in [0.2, 0.25) is 0 Å². The van der Waals surface area contributed by atoms with E-state index in [1.165, 1.54) is 0 Å². The summed E-state index contributed by atoms with van der Waals surface area (Å²) in [6.45, 7) is 12.0. The van der Waals surface area contributed by atoms with Gasteiger partial charge in [-0.25, -0.2) is 4.79 Å². The minimum atomic E-state index is -1.16. The summed E-state index contributed by atoms with van der Waals surface area (Å²) < 4.78 is 0. The van der Waals surface area contributed by atoms with Crippen molar-refractivity contribution in [3.05, 3.63) is 32.7 Å². The van der Waals surface area contributed by atoms with Gasteiger partial charge in [0, 0.05) is 28.0 Å². The van der Waals surface area contributed by atoms with E-state index in [9.17, 15) is 14.7 Å². The second-order valence-corrected chi connectivity index (χ2v) is 7.80. The van der Waals surface area contributed by atoms with Gasteiger partial charge in [0.25, 0.3) is 0 Å². The molecule has 0 aromatic carbocycles. The summed E-state index contributed by atoms with van der Waals surface area (Å²) in [6.07, 6.45) is 1.62. The Labute approximate surface area is 131 Å². The van der Waals surface area contributed by atoms with Crippen LogP contribution in [0.4, 0.5) is 0 Å². The van der Waals surface area contributed by atoms with E-state index in [1.54, 1.807) is 6.92 Å². The Morgan fingerprint density at radius 3 is 2.05 bits per heavy atom. The summed E-state index contributed by atoms with van der Waals surface area (Å²) >= 11 is 0. The van der Waals surface area contributed by atoms with E-state index in [0.29, 0.717) is 11.3 Å². The van der Waals surface area contributed by atoms with Crippen molar-refractivity contribution in [3.63, 3.8) is 0 Å². The summed E-state index contributed by atoms with van der Waals surface area (Å²) in [7, 11) is 0. The lowest BCUT2D eigenvalue weighted by molar-refractivity contribution is 0.0694. The molecular formula is C17H26N2O3. The number of rotatable bonds is 2. The van der Waals surface area contributed by atoms with Crippen LogP contribution in [-0.2, 0) is 0 Å². The van der Waals surface area contributed by atoms with E-state index < -0.39 is 5.97 Å². The maximum Gasteiger partial charge on any atom is 0.341 e. The number of carboxylic acid groups (broad SMARTS) is 1. The second kappa shape index (κ2) is 5.23. The molecule has 1 fully saturated rings. The van der Waals surface area contributed by atoms with Crippen LogP contribution >= 0.6 is 0 Å². The topological polar surface area (TPSA) is 82.2 Å². The van der Waals surface area contributed by atoms with Crippen LogP contribution in [0.1, 0.15) is 73.8 Å². The van der Waals surface area contributed by atoms with E-state index in [1.807, 2.05) is 6.92 Å². The molecule has 0 atom stereocenters. The first-order valence-electron chi connectivity index (χ1n) is 7.69. The van der Waals surface area contributed by atoms with Crippen molar-refractivity contribution in [3.8, 4) is 0 Å². The maximum absolute atomic E-state index is 12.8. The van der Waals surface area contributed by atoms with Gasteiger partial charge in [-0.2, -0.15) is 0 Å². The number of hydrogen-bond acceptors (Lipinski definition) is 3. The van der Waals surface area contributed by atoms with Crippen molar-refractivity contribution < 1.29 is 9.90 Å². The number of pyridine rings is 1. The van der Waals surface area contributed by atoms with Crippen LogP contribution in [0.15, 0.2) is 4.79 Å². The number of carbonyl (C=O) groups is 1. The third kappa shape index (κ3) is 3.09. The lowest BCUT2D eigenvalue weighted by atomic mass is 9.72. The molecule has 1 aliphatic heterocycles. The number of aromatic nitrogens is 1. The van der Waals surface area contributed by atoms with Crippen LogP contribution in [0.5, 0.6) is 0 Å². The van der Waals surface area contributed by atoms with Gasteiger partial charge in [0.15, 0.2) is 5.43 Å². The fourth-order valence-electron chi connectivity index (χ4n) is 4.16. The highest BCUT2D eigenvalue weighted by molar-refractivity contribution is 5.89. The molecule has 1 aliphatic rings. The summed E-state index contributed by atoms with van der Waals surface area (Å²) in [5, 5.41) is 12.9. The molecule has 1 saturated heterocycles. The fraction of sp³-hybridized carbons (Fsp3) is 0.647. The highest BCUT2D eigenvalue weighted by atomic mass is 16.4. The molecule has 0 aliphatic carbocycles. The van der Waals surface area contributed by atoms with Crippen molar-refractivity contribution in [2.24, 2.45) is 0 Å². The normalized spacial score (nSPS) is 20.8. The minimum absolute atomic E-state index is 0.0497. The van der Waals surface area contributed by atoms with Crippen LogP contribution in [0.3, 0.4) is 0 Å². The number of aryl methyl sites for hydroxylation is 2. The zero-order valence-corrected chi connectivity index (χ0v) is 14.3. The van der Waals surface area contributed by atoms with Crippen LogP contribution in [0, 0.1) is 13.8 Å². The molecule has 22 heavy (non-hydrogen) atoms. The van der Waals surface area contributed by atoms with Gasteiger partial charge in [0.1, 0.15) is 5.56 Å². The molecule has 0 spiro atoms. The van der Waals surface area contributed by atoms with Gasteiger partial charge in [0.05, 0.1) is 0 Å². The predicted octanol–water partition coefficient (Wildman–Crippen LogP) is 2.71. The number of carboxylic acids is 1. The van der Waals surface area contributed by atoms with Gasteiger partial charge in [-0.1, -0.05) is 0 Å².